The molecule has 0 spiro atoms. The Bertz CT molecular complexity index is 2190. The van der Waals surface area contributed by atoms with Crippen LogP contribution in [0.5, 0.6) is 0 Å². The molecule has 368 valence electrons. The lowest BCUT2D eigenvalue weighted by atomic mass is 10.2. The minimum Gasteiger partial charge on any atom is -0.377 e. The highest BCUT2D eigenvalue weighted by molar-refractivity contribution is 7.80. The SMILES string of the molecule is C(=C\c1ccncc1)/c1ccccc1.C(=C\c1ccncc1)/c1ccccc1.C(=C\c1ccncc1)/c1ccccc1.C(=C\c1ccncc1)/c1ccccc1.NC(N)=S.NC(N)=S.NC(N)=S.NC(N)=S. The summed E-state index contributed by atoms with van der Waals surface area (Å²) in [6.07, 6.45) is 31.1. The molecule has 0 aliphatic heterocycles. The van der Waals surface area contributed by atoms with E-state index in [2.05, 4.69) is 212 Å². The van der Waals surface area contributed by atoms with Crippen LogP contribution in [-0.4, -0.2) is 40.4 Å². The number of nitrogens with zero attached hydrogens (tertiary/aromatic N) is 4. The summed E-state index contributed by atoms with van der Waals surface area (Å²) in [4.78, 5) is 15.9. The van der Waals surface area contributed by atoms with Gasteiger partial charge in [0.2, 0.25) is 0 Å². The van der Waals surface area contributed by atoms with Gasteiger partial charge in [-0.1, -0.05) is 170 Å². The smallest absolute Gasteiger partial charge is 0.160 e. The topological polar surface area (TPSA) is 260 Å². The minimum absolute atomic E-state index is 0.000000000000000222. The first-order chi connectivity index (χ1) is 34.7. The largest absolute Gasteiger partial charge is 0.377 e. The normalized spacial score (nSPS) is 9.56. The van der Waals surface area contributed by atoms with Crippen molar-refractivity contribution < 1.29 is 0 Å². The second-order valence-corrected chi connectivity index (χ2v) is 15.6. The summed E-state index contributed by atoms with van der Waals surface area (Å²) in [6.45, 7) is 0. The molecule has 0 aliphatic carbocycles. The molecule has 0 unspecified atom stereocenters. The molecule has 16 heteroatoms. The van der Waals surface area contributed by atoms with Crippen LogP contribution in [0.15, 0.2) is 219 Å². The molecule has 12 nitrogen and oxygen atoms in total. The van der Waals surface area contributed by atoms with Crippen molar-refractivity contribution in [3.63, 3.8) is 0 Å². The third kappa shape index (κ3) is 39.2. The molecule has 4 aromatic carbocycles. The van der Waals surface area contributed by atoms with E-state index in [-0.39, 0.29) is 20.4 Å². The highest BCUT2D eigenvalue weighted by Crippen LogP contribution is 2.09. The zero-order valence-corrected chi connectivity index (χ0v) is 42.7. The summed E-state index contributed by atoms with van der Waals surface area (Å²) in [5.41, 5.74) is 46.5. The van der Waals surface area contributed by atoms with Crippen molar-refractivity contribution in [3.8, 4) is 0 Å². The second-order valence-electron chi connectivity index (χ2n) is 13.7. The summed E-state index contributed by atoms with van der Waals surface area (Å²) in [6, 6.07) is 56.9. The van der Waals surface area contributed by atoms with E-state index >= 15 is 0 Å². The average Bonchev–Trinajstić information content (AvgIpc) is 3.39. The molecular formula is C56H60N12S4. The van der Waals surface area contributed by atoms with Crippen LogP contribution in [0.25, 0.3) is 48.6 Å². The molecular weight excluding hydrogens is 969 g/mol. The molecule has 0 radical (unpaired) electrons. The van der Waals surface area contributed by atoms with Crippen molar-refractivity contribution >= 4 is 118 Å². The summed E-state index contributed by atoms with van der Waals surface area (Å²) < 4.78 is 0. The van der Waals surface area contributed by atoms with Crippen molar-refractivity contribution in [3.05, 3.63) is 264 Å². The van der Waals surface area contributed by atoms with Crippen LogP contribution >= 0.6 is 48.9 Å². The van der Waals surface area contributed by atoms with Gasteiger partial charge in [0.05, 0.1) is 0 Å². The lowest BCUT2D eigenvalue weighted by Crippen LogP contribution is -2.18. The Morgan fingerprint density at radius 1 is 0.222 bits per heavy atom. The lowest BCUT2D eigenvalue weighted by Gasteiger charge is -1.92. The third-order valence-electron chi connectivity index (χ3n) is 7.90. The van der Waals surface area contributed by atoms with Crippen LogP contribution in [0, 0.1) is 0 Å². The number of aromatic nitrogens is 4. The van der Waals surface area contributed by atoms with E-state index in [1.54, 1.807) is 49.6 Å². The van der Waals surface area contributed by atoms with Gasteiger partial charge in [-0.15, -0.1) is 0 Å². The molecule has 8 rings (SSSR count). The highest BCUT2D eigenvalue weighted by Gasteiger charge is 1.88. The van der Waals surface area contributed by atoms with Gasteiger partial charge in [0, 0.05) is 49.6 Å². The van der Waals surface area contributed by atoms with Gasteiger partial charge in [0.1, 0.15) is 0 Å². The van der Waals surface area contributed by atoms with E-state index in [0.717, 1.165) is 0 Å². The highest BCUT2D eigenvalue weighted by atomic mass is 32.1. The maximum atomic E-state index is 4.62. The van der Waals surface area contributed by atoms with Gasteiger partial charge in [-0.2, -0.15) is 0 Å². The van der Waals surface area contributed by atoms with E-state index < -0.39 is 0 Å². The number of hydrogen-bond acceptors (Lipinski definition) is 8. The van der Waals surface area contributed by atoms with Crippen LogP contribution in [0.3, 0.4) is 0 Å². The van der Waals surface area contributed by atoms with Gasteiger partial charge < -0.3 is 45.9 Å². The van der Waals surface area contributed by atoms with Crippen LogP contribution < -0.4 is 45.9 Å². The Morgan fingerprint density at radius 3 is 0.458 bits per heavy atom. The monoisotopic (exact) mass is 1030 g/mol. The number of benzene rings is 4. The first-order valence-corrected chi connectivity index (χ1v) is 23.1. The standard InChI is InChI=1S/4C13H11N.4CH4N2S/c4*1-2-4-12(5-3-1)6-7-13-8-10-14-11-9-13;4*2-1(3)4/h4*1-11H;4*(H4,2,3,4)/b4*7-6+;;;;. The van der Waals surface area contributed by atoms with Crippen LogP contribution in [-0.2, 0) is 0 Å². The van der Waals surface area contributed by atoms with Gasteiger partial charge >= 0.3 is 0 Å². The van der Waals surface area contributed by atoms with E-state index in [1.165, 1.54) is 44.5 Å². The quantitative estimate of drug-likeness (QED) is 0.0659. The maximum absolute atomic E-state index is 4.62. The molecule has 4 aromatic heterocycles. The number of hydrogen-bond donors (Lipinski definition) is 8. The zero-order chi connectivity index (χ0) is 52.9. The molecule has 0 atom stereocenters. The molecule has 72 heavy (non-hydrogen) atoms. The number of nitrogens with two attached hydrogens (primary N) is 8. The minimum atomic E-state index is 0.000000000000000222. The number of pyridine rings is 4. The lowest BCUT2D eigenvalue weighted by molar-refractivity contribution is 1.32. The van der Waals surface area contributed by atoms with Gasteiger partial charge in [-0.25, -0.2) is 0 Å². The second kappa shape index (κ2) is 41.2. The molecule has 16 N–H and O–H groups in total. The predicted octanol–water partition coefficient (Wildman–Crippen LogP) is 9.76. The van der Waals surface area contributed by atoms with Crippen molar-refractivity contribution in [2.45, 2.75) is 0 Å². The molecule has 4 heterocycles. The summed E-state index contributed by atoms with van der Waals surface area (Å²) in [7, 11) is 0. The summed E-state index contributed by atoms with van der Waals surface area (Å²) >= 11 is 16.4. The van der Waals surface area contributed by atoms with Crippen LogP contribution in [0.2, 0.25) is 0 Å². The first-order valence-electron chi connectivity index (χ1n) is 21.5. The van der Waals surface area contributed by atoms with Crippen molar-refractivity contribution in [1.29, 1.82) is 0 Å². The van der Waals surface area contributed by atoms with Crippen LogP contribution in [0.4, 0.5) is 0 Å². The summed E-state index contributed by atoms with van der Waals surface area (Å²) in [5, 5.41) is 0.000000000000000888. The molecule has 8 aromatic rings. The Hall–Kier alpha value is -8.80. The number of rotatable bonds is 8. The Kier molecular flexibility index (Phi) is 35.0. The van der Waals surface area contributed by atoms with Crippen molar-refractivity contribution in [2.24, 2.45) is 45.9 Å². The van der Waals surface area contributed by atoms with Gasteiger partial charge in [-0.3, -0.25) is 19.9 Å². The predicted molar refractivity (Wildman–Crippen MR) is 322 cm³/mol. The molecule has 0 saturated heterocycles. The van der Waals surface area contributed by atoms with Crippen molar-refractivity contribution in [1.82, 2.24) is 19.9 Å². The molecule has 0 fully saturated rings. The zero-order valence-electron chi connectivity index (χ0n) is 39.4. The molecule has 0 amide bonds. The average molecular weight is 1030 g/mol. The Labute approximate surface area is 445 Å². The van der Waals surface area contributed by atoms with E-state index in [4.69, 9.17) is 0 Å². The van der Waals surface area contributed by atoms with E-state index in [9.17, 15) is 0 Å². The number of thiocarbonyl (C=S) groups is 4. The fourth-order valence-electron chi connectivity index (χ4n) is 4.92. The Morgan fingerprint density at radius 2 is 0.333 bits per heavy atom. The molecule has 0 aliphatic rings. The van der Waals surface area contributed by atoms with Gasteiger partial charge in [0.15, 0.2) is 20.4 Å². The Balaban J connectivity index is 0.000000436. The first kappa shape index (κ1) is 61.2. The molecule has 0 bridgehead atoms. The fourth-order valence-corrected chi connectivity index (χ4v) is 4.92. The summed E-state index contributed by atoms with van der Waals surface area (Å²) in [5.74, 6) is 0. The van der Waals surface area contributed by atoms with Gasteiger partial charge in [0.25, 0.3) is 0 Å². The van der Waals surface area contributed by atoms with Gasteiger partial charge in [-0.05, 0) is 142 Å². The maximum Gasteiger partial charge on any atom is 0.160 e. The van der Waals surface area contributed by atoms with E-state index in [0.29, 0.717) is 0 Å². The van der Waals surface area contributed by atoms with E-state index in [1.807, 2.05) is 121 Å². The van der Waals surface area contributed by atoms with Crippen molar-refractivity contribution in [2.75, 3.05) is 0 Å². The fraction of sp³-hybridized carbons (Fsp3) is 0. The third-order valence-corrected chi connectivity index (χ3v) is 7.90. The van der Waals surface area contributed by atoms with Crippen LogP contribution in [0.1, 0.15) is 44.5 Å². The molecule has 0 saturated carbocycles.